The average molecular weight is 310 g/mol. The fraction of sp³-hybridized carbons (Fsp3) is 0.385. The Labute approximate surface area is 123 Å². The normalized spacial score (nSPS) is 13.6. The minimum Gasteiger partial charge on any atom is -0.389 e. The van der Waals surface area contributed by atoms with Gasteiger partial charge in [-0.05, 0) is 31.5 Å². The van der Waals surface area contributed by atoms with E-state index in [4.69, 9.17) is 0 Å². The van der Waals surface area contributed by atoms with Crippen molar-refractivity contribution < 1.29 is 13.5 Å². The first-order valence-corrected chi connectivity index (χ1v) is 7.87. The van der Waals surface area contributed by atoms with E-state index in [0.29, 0.717) is 17.2 Å². The van der Waals surface area contributed by atoms with Gasteiger partial charge in [-0.25, -0.2) is 13.4 Å². The van der Waals surface area contributed by atoms with Crippen LogP contribution in [0.2, 0.25) is 0 Å². The van der Waals surface area contributed by atoms with E-state index in [1.165, 1.54) is 23.5 Å². The summed E-state index contributed by atoms with van der Waals surface area (Å²) in [7, 11) is -2.14. The Morgan fingerprint density at radius 1 is 1.33 bits per heavy atom. The van der Waals surface area contributed by atoms with E-state index in [1.807, 2.05) is 0 Å². The van der Waals surface area contributed by atoms with Gasteiger partial charge < -0.3 is 5.11 Å². The molecule has 1 heterocycles. The Balaban J connectivity index is 2.20. The fourth-order valence-electron chi connectivity index (χ4n) is 1.84. The molecule has 1 aromatic carbocycles. The summed E-state index contributed by atoms with van der Waals surface area (Å²) < 4.78 is 26.0. The highest BCUT2D eigenvalue weighted by molar-refractivity contribution is 7.89. The van der Waals surface area contributed by atoms with Crippen molar-refractivity contribution in [2.24, 2.45) is 0 Å². The molecule has 0 aliphatic rings. The molecule has 0 bridgehead atoms. The van der Waals surface area contributed by atoms with E-state index >= 15 is 0 Å². The van der Waals surface area contributed by atoms with Gasteiger partial charge in [0.05, 0.1) is 17.5 Å². The quantitative estimate of drug-likeness (QED) is 0.858. The summed E-state index contributed by atoms with van der Waals surface area (Å²) >= 11 is 0. The van der Waals surface area contributed by atoms with Crippen LogP contribution < -0.4 is 0 Å². The lowest BCUT2D eigenvalue weighted by Gasteiger charge is -2.16. The first-order chi connectivity index (χ1) is 9.80. The standard InChI is InChI=1S/C13H18N4O3S/c1-9(18)11-4-6-12(7-5-11)21(19,20)17(3)8-13-14-10(2)15-16-13/h4-7,9,18H,8H2,1-3H3,(H,14,15,16). The molecule has 2 aromatic rings. The highest BCUT2D eigenvalue weighted by Gasteiger charge is 2.22. The third-order valence-corrected chi connectivity index (χ3v) is 4.90. The summed E-state index contributed by atoms with van der Waals surface area (Å²) in [6.45, 7) is 3.46. The third kappa shape index (κ3) is 3.46. The van der Waals surface area contributed by atoms with E-state index in [-0.39, 0.29) is 11.4 Å². The molecule has 0 radical (unpaired) electrons. The number of aliphatic hydroxyl groups excluding tert-OH is 1. The minimum atomic E-state index is -3.61. The molecular formula is C13H18N4O3S. The molecule has 2 N–H and O–H groups in total. The van der Waals surface area contributed by atoms with Crippen LogP contribution in [0.1, 0.15) is 30.2 Å². The molecule has 0 saturated carbocycles. The van der Waals surface area contributed by atoms with Gasteiger partial charge >= 0.3 is 0 Å². The van der Waals surface area contributed by atoms with Gasteiger partial charge in [0.2, 0.25) is 10.0 Å². The van der Waals surface area contributed by atoms with E-state index in [1.54, 1.807) is 26.0 Å². The summed E-state index contributed by atoms with van der Waals surface area (Å²) in [5.41, 5.74) is 0.668. The predicted octanol–water partition coefficient (Wildman–Crippen LogP) is 0.987. The number of hydrogen-bond acceptors (Lipinski definition) is 5. The van der Waals surface area contributed by atoms with Gasteiger partial charge in [0.25, 0.3) is 0 Å². The highest BCUT2D eigenvalue weighted by Crippen LogP contribution is 2.19. The molecule has 8 heteroatoms. The summed E-state index contributed by atoms with van der Waals surface area (Å²) in [6.07, 6.45) is -0.629. The van der Waals surface area contributed by atoms with Crippen molar-refractivity contribution in [3.63, 3.8) is 0 Å². The van der Waals surface area contributed by atoms with Crippen LogP contribution in [-0.4, -0.2) is 40.1 Å². The molecule has 0 spiro atoms. The zero-order valence-electron chi connectivity index (χ0n) is 12.1. The van der Waals surface area contributed by atoms with Gasteiger partial charge in [-0.2, -0.15) is 9.40 Å². The van der Waals surface area contributed by atoms with E-state index in [9.17, 15) is 13.5 Å². The van der Waals surface area contributed by atoms with Gasteiger partial charge in [-0.1, -0.05) is 12.1 Å². The predicted molar refractivity (Wildman–Crippen MR) is 76.8 cm³/mol. The average Bonchev–Trinajstić information content (AvgIpc) is 2.84. The van der Waals surface area contributed by atoms with Crippen LogP contribution in [0.15, 0.2) is 29.2 Å². The van der Waals surface area contributed by atoms with Crippen molar-refractivity contribution in [2.45, 2.75) is 31.4 Å². The molecule has 2 rings (SSSR count). The maximum Gasteiger partial charge on any atom is 0.243 e. The number of rotatable bonds is 5. The van der Waals surface area contributed by atoms with Crippen LogP contribution in [0.3, 0.4) is 0 Å². The molecule has 1 unspecified atom stereocenters. The van der Waals surface area contributed by atoms with Gasteiger partial charge in [0.15, 0.2) is 5.82 Å². The largest absolute Gasteiger partial charge is 0.389 e. The molecule has 114 valence electrons. The molecular weight excluding hydrogens is 292 g/mol. The van der Waals surface area contributed by atoms with E-state index in [0.717, 1.165) is 0 Å². The van der Waals surface area contributed by atoms with Gasteiger partial charge in [0, 0.05) is 7.05 Å². The van der Waals surface area contributed by atoms with Crippen molar-refractivity contribution in [1.29, 1.82) is 0 Å². The molecule has 21 heavy (non-hydrogen) atoms. The van der Waals surface area contributed by atoms with E-state index in [2.05, 4.69) is 15.2 Å². The molecule has 0 aliphatic carbocycles. The number of nitrogens with zero attached hydrogens (tertiary/aromatic N) is 3. The molecule has 0 amide bonds. The second-order valence-electron chi connectivity index (χ2n) is 4.84. The van der Waals surface area contributed by atoms with Gasteiger partial charge in [0.1, 0.15) is 5.82 Å². The van der Waals surface area contributed by atoms with Crippen molar-refractivity contribution in [3.8, 4) is 0 Å². The molecule has 0 fully saturated rings. The molecule has 1 atom stereocenters. The number of hydrogen-bond donors (Lipinski definition) is 2. The summed E-state index contributed by atoms with van der Waals surface area (Å²) in [5.74, 6) is 1.05. The molecule has 1 aromatic heterocycles. The Hall–Kier alpha value is -1.77. The SMILES string of the molecule is Cc1nc(CN(C)S(=O)(=O)c2ccc(C(C)O)cc2)n[nH]1. The van der Waals surface area contributed by atoms with Crippen LogP contribution in [-0.2, 0) is 16.6 Å². The highest BCUT2D eigenvalue weighted by atomic mass is 32.2. The number of aliphatic hydroxyl groups is 1. The zero-order valence-corrected chi connectivity index (χ0v) is 12.9. The van der Waals surface area contributed by atoms with Crippen molar-refractivity contribution in [2.75, 3.05) is 7.05 Å². The lowest BCUT2D eigenvalue weighted by molar-refractivity contribution is 0.199. The topological polar surface area (TPSA) is 99.2 Å². The maximum atomic E-state index is 12.4. The summed E-state index contributed by atoms with van der Waals surface area (Å²) in [5, 5.41) is 16.0. The first kappa shape index (κ1) is 15.6. The van der Waals surface area contributed by atoms with Crippen molar-refractivity contribution in [1.82, 2.24) is 19.5 Å². The zero-order chi connectivity index (χ0) is 15.6. The lowest BCUT2D eigenvalue weighted by atomic mass is 10.1. The Morgan fingerprint density at radius 2 is 1.95 bits per heavy atom. The monoisotopic (exact) mass is 310 g/mol. The number of H-pyrrole nitrogens is 1. The fourth-order valence-corrected chi connectivity index (χ4v) is 2.97. The lowest BCUT2D eigenvalue weighted by Crippen LogP contribution is -2.27. The van der Waals surface area contributed by atoms with Crippen molar-refractivity contribution >= 4 is 10.0 Å². The molecule has 0 aliphatic heterocycles. The number of nitrogens with one attached hydrogen (secondary N) is 1. The third-order valence-electron chi connectivity index (χ3n) is 3.08. The maximum absolute atomic E-state index is 12.4. The van der Waals surface area contributed by atoms with Crippen LogP contribution in [0.4, 0.5) is 0 Å². The van der Waals surface area contributed by atoms with Gasteiger partial charge in [-0.3, -0.25) is 5.10 Å². The number of aromatic amines is 1. The second-order valence-corrected chi connectivity index (χ2v) is 6.89. The van der Waals surface area contributed by atoms with Crippen LogP contribution in [0.5, 0.6) is 0 Å². The Morgan fingerprint density at radius 3 is 2.43 bits per heavy atom. The number of sulfonamides is 1. The van der Waals surface area contributed by atoms with E-state index < -0.39 is 16.1 Å². The van der Waals surface area contributed by atoms with Crippen LogP contribution in [0, 0.1) is 6.92 Å². The summed E-state index contributed by atoms with van der Waals surface area (Å²) in [6, 6.07) is 6.17. The van der Waals surface area contributed by atoms with Gasteiger partial charge in [-0.15, -0.1) is 0 Å². The smallest absolute Gasteiger partial charge is 0.243 e. The van der Waals surface area contributed by atoms with Crippen molar-refractivity contribution in [3.05, 3.63) is 41.5 Å². The Bertz CT molecular complexity index is 707. The number of aromatic nitrogens is 3. The minimum absolute atomic E-state index is 0.0881. The Kier molecular flexibility index (Phi) is 4.40. The molecule has 7 nitrogen and oxygen atoms in total. The second kappa shape index (κ2) is 5.92. The number of benzene rings is 1. The molecule has 0 saturated heterocycles. The summed E-state index contributed by atoms with van der Waals surface area (Å²) in [4.78, 5) is 4.26. The first-order valence-electron chi connectivity index (χ1n) is 6.43. The van der Waals surface area contributed by atoms with Crippen LogP contribution >= 0.6 is 0 Å². The number of aryl methyl sites for hydroxylation is 1. The van der Waals surface area contributed by atoms with Crippen LogP contribution in [0.25, 0.3) is 0 Å².